The maximum absolute atomic E-state index is 14.0. The van der Waals surface area contributed by atoms with E-state index < -0.39 is 11.6 Å². The molecule has 0 unspecified atom stereocenters. The summed E-state index contributed by atoms with van der Waals surface area (Å²) in [6.07, 6.45) is 0. The van der Waals surface area contributed by atoms with Gasteiger partial charge in [-0.25, -0.2) is 8.78 Å². The smallest absolute Gasteiger partial charge is 0.136 e. The molecule has 0 spiro atoms. The lowest BCUT2D eigenvalue weighted by molar-refractivity contribution is 0.584. The number of halogens is 3. The van der Waals surface area contributed by atoms with Gasteiger partial charge in [0.15, 0.2) is 0 Å². The van der Waals surface area contributed by atoms with E-state index in [-0.39, 0.29) is 12.1 Å². The van der Waals surface area contributed by atoms with Crippen LogP contribution in [0.15, 0.2) is 30.3 Å². The Kier molecular flexibility index (Phi) is 3.64. The third kappa shape index (κ3) is 2.24. The summed E-state index contributed by atoms with van der Waals surface area (Å²) < 4.78 is 27.7. The Hall–Kier alpha value is -1.45. The van der Waals surface area contributed by atoms with Crippen LogP contribution in [0.1, 0.15) is 11.1 Å². The van der Waals surface area contributed by atoms with Crippen LogP contribution in [0, 0.1) is 18.6 Å². The normalized spacial score (nSPS) is 10.7. The SMILES string of the molecule is Cc1ccc(F)c(-c2ccc(CN)c(Cl)c2)c1F. The quantitative estimate of drug-likeness (QED) is 0.873. The zero-order chi connectivity index (χ0) is 13.3. The number of rotatable bonds is 2. The van der Waals surface area contributed by atoms with E-state index in [0.717, 1.165) is 5.56 Å². The predicted octanol–water partition coefficient (Wildman–Crippen LogP) is 4.05. The van der Waals surface area contributed by atoms with Gasteiger partial charge in [0, 0.05) is 11.6 Å². The molecule has 0 atom stereocenters. The highest BCUT2D eigenvalue weighted by molar-refractivity contribution is 6.31. The fraction of sp³-hybridized carbons (Fsp3) is 0.143. The Morgan fingerprint density at radius 3 is 2.50 bits per heavy atom. The summed E-state index contributed by atoms with van der Waals surface area (Å²) in [6, 6.07) is 7.49. The highest BCUT2D eigenvalue weighted by atomic mass is 35.5. The zero-order valence-electron chi connectivity index (χ0n) is 9.81. The van der Waals surface area contributed by atoms with Gasteiger partial charge in [-0.1, -0.05) is 29.8 Å². The lowest BCUT2D eigenvalue weighted by atomic mass is 10.0. The van der Waals surface area contributed by atoms with Crippen molar-refractivity contribution in [3.05, 3.63) is 58.1 Å². The van der Waals surface area contributed by atoms with Crippen LogP contribution in [0.3, 0.4) is 0 Å². The van der Waals surface area contributed by atoms with Crippen LogP contribution in [0.5, 0.6) is 0 Å². The number of hydrogen-bond acceptors (Lipinski definition) is 1. The van der Waals surface area contributed by atoms with E-state index in [2.05, 4.69) is 0 Å². The van der Waals surface area contributed by atoms with Crippen LogP contribution >= 0.6 is 11.6 Å². The second kappa shape index (κ2) is 5.04. The lowest BCUT2D eigenvalue weighted by Gasteiger charge is -2.09. The molecule has 4 heteroatoms. The first-order chi connectivity index (χ1) is 8.54. The van der Waals surface area contributed by atoms with Gasteiger partial charge in [-0.15, -0.1) is 0 Å². The number of aryl methyl sites for hydroxylation is 1. The van der Waals surface area contributed by atoms with E-state index in [1.54, 1.807) is 19.1 Å². The molecule has 0 bridgehead atoms. The maximum atomic E-state index is 14.0. The number of nitrogens with two attached hydrogens (primary N) is 1. The summed E-state index contributed by atoms with van der Waals surface area (Å²) in [4.78, 5) is 0. The third-order valence-electron chi connectivity index (χ3n) is 2.85. The standard InChI is InChI=1S/C14H12ClF2N/c1-8-2-5-12(16)13(14(8)17)9-3-4-10(7-18)11(15)6-9/h2-6H,7,18H2,1H3. The minimum Gasteiger partial charge on any atom is -0.326 e. The monoisotopic (exact) mass is 267 g/mol. The second-order valence-electron chi connectivity index (χ2n) is 4.06. The van der Waals surface area contributed by atoms with Crippen molar-refractivity contribution >= 4 is 11.6 Å². The highest BCUT2D eigenvalue weighted by Crippen LogP contribution is 2.30. The minimum atomic E-state index is -0.602. The molecule has 94 valence electrons. The van der Waals surface area contributed by atoms with Crippen LogP contribution in [-0.2, 0) is 6.54 Å². The summed E-state index contributed by atoms with van der Waals surface area (Å²) in [5, 5.41) is 0.412. The Morgan fingerprint density at radius 2 is 1.89 bits per heavy atom. The summed E-state index contributed by atoms with van der Waals surface area (Å²) >= 11 is 6.00. The molecule has 0 saturated heterocycles. The Bertz CT molecular complexity index is 597. The van der Waals surface area contributed by atoms with Gasteiger partial charge in [0.25, 0.3) is 0 Å². The van der Waals surface area contributed by atoms with Crippen molar-refractivity contribution in [1.29, 1.82) is 0 Å². The van der Waals surface area contributed by atoms with E-state index in [1.165, 1.54) is 18.2 Å². The molecule has 0 aromatic heterocycles. The van der Waals surface area contributed by atoms with Crippen LogP contribution in [0.2, 0.25) is 5.02 Å². The highest BCUT2D eigenvalue weighted by Gasteiger charge is 2.14. The van der Waals surface area contributed by atoms with Crippen molar-refractivity contribution in [3.63, 3.8) is 0 Å². The van der Waals surface area contributed by atoms with Crippen LogP contribution < -0.4 is 5.73 Å². The molecule has 0 aliphatic rings. The Labute approximate surface area is 109 Å². The molecule has 0 aliphatic carbocycles. The van der Waals surface area contributed by atoms with Crippen molar-refractivity contribution < 1.29 is 8.78 Å². The number of hydrogen-bond donors (Lipinski definition) is 1. The molecular formula is C14H12ClF2N. The molecule has 1 nitrogen and oxygen atoms in total. The van der Waals surface area contributed by atoms with Gasteiger partial charge in [-0.2, -0.15) is 0 Å². The lowest BCUT2D eigenvalue weighted by Crippen LogP contribution is -1.98. The Balaban J connectivity index is 2.62. The maximum Gasteiger partial charge on any atom is 0.136 e. The molecule has 0 fully saturated rings. The molecule has 0 saturated carbocycles. The third-order valence-corrected chi connectivity index (χ3v) is 3.20. The minimum absolute atomic E-state index is 0.0551. The largest absolute Gasteiger partial charge is 0.326 e. The second-order valence-corrected chi connectivity index (χ2v) is 4.47. The predicted molar refractivity (Wildman–Crippen MR) is 69.4 cm³/mol. The van der Waals surface area contributed by atoms with Crippen molar-refractivity contribution in [2.75, 3.05) is 0 Å². The van der Waals surface area contributed by atoms with Crippen molar-refractivity contribution in [3.8, 4) is 11.1 Å². The molecule has 2 N–H and O–H groups in total. The topological polar surface area (TPSA) is 26.0 Å². The van der Waals surface area contributed by atoms with E-state index >= 15 is 0 Å². The fourth-order valence-electron chi connectivity index (χ4n) is 1.79. The molecular weight excluding hydrogens is 256 g/mol. The summed E-state index contributed by atoms with van der Waals surface area (Å²) in [5.74, 6) is -1.17. The van der Waals surface area contributed by atoms with Crippen LogP contribution in [0.4, 0.5) is 8.78 Å². The van der Waals surface area contributed by atoms with E-state index in [0.29, 0.717) is 16.1 Å². The summed E-state index contributed by atoms with van der Waals surface area (Å²) in [7, 11) is 0. The Morgan fingerprint density at radius 1 is 1.17 bits per heavy atom. The average Bonchev–Trinajstić information content (AvgIpc) is 2.35. The first-order valence-electron chi connectivity index (χ1n) is 5.48. The zero-order valence-corrected chi connectivity index (χ0v) is 10.6. The van der Waals surface area contributed by atoms with Gasteiger partial charge in [0.05, 0.1) is 5.56 Å². The summed E-state index contributed by atoms with van der Waals surface area (Å²) in [5.41, 5.74) is 6.99. The van der Waals surface area contributed by atoms with Gasteiger partial charge >= 0.3 is 0 Å². The van der Waals surface area contributed by atoms with Crippen LogP contribution in [-0.4, -0.2) is 0 Å². The average molecular weight is 268 g/mol. The number of benzene rings is 2. The first kappa shape index (κ1) is 13.0. The molecule has 0 radical (unpaired) electrons. The molecule has 2 rings (SSSR count). The van der Waals surface area contributed by atoms with Crippen molar-refractivity contribution in [2.24, 2.45) is 5.73 Å². The van der Waals surface area contributed by atoms with Gasteiger partial charge in [-0.3, -0.25) is 0 Å². The molecule has 0 heterocycles. The van der Waals surface area contributed by atoms with Gasteiger partial charge in [-0.05, 0) is 35.7 Å². The molecule has 2 aromatic rings. The van der Waals surface area contributed by atoms with Crippen LogP contribution in [0.25, 0.3) is 11.1 Å². The first-order valence-corrected chi connectivity index (χ1v) is 5.86. The van der Waals surface area contributed by atoms with E-state index in [4.69, 9.17) is 17.3 Å². The summed E-state index contributed by atoms with van der Waals surface area (Å²) in [6.45, 7) is 1.88. The van der Waals surface area contributed by atoms with Gasteiger partial charge in [0.1, 0.15) is 11.6 Å². The molecule has 0 aliphatic heterocycles. The van der Waals surface area contributed by atoms with Crippen molar-refractivity contribution in [2.45, 2.75) is 13.5 Å². The van der Waals surface area contributed by atoms with Crippen molar-refractivity contribution in [1.82, 2.24) is 0 Å². The fourth-order valence-corrected chi connectivity index (χ4v) is 2.05. The molecule has 0 amide bonds. The molecule has 2 aromatic carbocycles. The van der Waals surface area contributed by atoms with Gasteiger partial charge in [0.2, 0.25) is 0 Å². The van der Waals surface area contributed by atoms with E-state index in [1.807, 2.05) is 0 Å². The van der Waals surface area contributed by atoms with Gasteiger partial charge < -0.3 is 5.73 Å². The van der Waals surface area contributed by atoms with E-state index in [9.17, 15) is 8.78 Å². The molecule has 18 heavy (non-hydrogen) atoms.